The minimum atomic E-state index is 0.425. The van der Waals surface area contributed by atoms with Crippen LogP contribution in [-0.2, 0) is 0 Å². The number of nitrogens with one attached hydrogen (secondary N) is 1. The number of hydrogen-bond donors (Lipinski definition) is 1. The van der Waals surface area contributed by atoms with E-state index in [4.69, 9.17) is 11.6 Å². The van der Waals surface area contributed by atoms with Gasteiger partial charge in [-0.1, -0.05) is 24.9 Å². The molecule has 0 aliphatic carbocycles. The summed E-state index contributed by atoms with van der Waals surface area (Å²) in [6.07, 6.45) is 3.98. The van der Waals surface area contributed by atoms with Gasteiger partial charge in [0, 0.05) is 16.7 Å². The summed E-state index contributed by atoms with van der Waals surface area (Å²) in [4.78, 5) is 4.05. The Morgan fingerprint density at radius 1 is 1.64 bits per heavy atom. The SMILES string of the molecule is CCCC(C)Nc1cc(Br)cnc1Cl. The van der Waals surface area contributed by atoms with Crippen LogP contribution in [0.2, 0.25) is 5.15 Å². The number of anilines is 1. The molecule has 1 N–H and O–H groups in total. The molecule has 1 aromatic rings. The molecule has 1 unspecified atom stereocenters. The standard InChI is InChI=1S/C10H14BrClN2/c1-3-4-7(2)14-9-5-8(11)6-13-10(9)12/h5-7,14H,3-4H2,1-2H3. The van der Waals surface area contributed by atoms with E-state index in [0.717, 1.165) is 23.0 Å². The van der Waals surface area contributed by atoms with Crippen LogP contribution in [0.15, 0.2) is 16.7 Å². The Morgan fingerprint density at radius 3 is 3.00 bits per heavy atom. The molecule has 4 heteroatoms. The molecule has 0 aromatic carbocycles. The van der Waals surface area contributed by atoms with Crippen LogP contribution in [-0.4, -0.2) is 11.0 Å². The fourth-order valence-corrected chi connectivity index (χ4v) is 1.78. The van der Waals surface area contributed by atoms with Crippen LogP contribution in [0.5, 0.6) is 0 Å². The Balaban J connectivity index is 2.70. The van der Waals surface area contributed by atoms with Crippen molar-refractivity contribution in [2.45, 2.75) is 32.7 Å². The number of halogens is 2. The number of nitrogens with zero attached hydrogens (tertiary/aromatic N) is 1. The number of rotatable bonds is 4. The van der Waals surface area contributed by atoms with Crippen molar-refractivity contribution in [1.29, 1.82) is 0 Å². The summed E-state index contributed by atoms with van der Waals surface area (Å²) in [6, 6.07) is 2.37. The maximum atomic E-state index is 5.95. The van der Waals surface area contributed by atoms with E-state index in [1.807, 2.05) is 6.07 Å². The third-order valence-electron chi connectivity index (χ3n) is 1.93. The maximum Gasteiger partial charge on any atom is 0.152 e. The van der Waals surface area contributed by atoms with Crippen molar-refractivity contribution in [3.63, 3.8) is 0 Å². The van der Waals surface area contributed by atoms with Gasteiger partial charge in [-0.3, -0.25) is 0 Å². The quantitative estimate of drug-likeness (QED) is 0.838. The first-order chi connectivity index (χ1) is 6.63. The van der Waals surface area contributed by atoms with Crippen molar-refractivity contribution in [1.82, 2.24) is 4.98 Å². The summed E-state index contributed by atoms with van der Waals surface area (Å²) in [7, 11) is 0. The van der Waals surface area contributed by atoms with Crippen LogP contribution in [0.3, 0.4) is 0 Å². The van der Waals surface area contributed by atoms with Gasteiger partial charge in [0.25, 0.3) is 0 Å². The summed E-state index contributed by atoms with van der Waals surface area (Å²) < 4.78 is 0.938. The second kappa shape index (κ2) is 5.56. The predicted octanol–water partition coefficient (Wildman–Crippen LogP) is 4.10. The molecule has 0 radical (unpaired) electrons. The van der Waals surface area contributed by atoms with E-state index in [1.165, 1.54) is 0 Å². The largest absolute Gasteiger partial charge is 0.380 e. The van der Waals surface area contributed by atoms with E-state index in [-0.39, 0.29) is 0 Å². The van der Waals surface area contributed by atoms with Crippen molar-refractivity contribution in [3.8, 4) is 0 Å². The zero-order valence-electron chi connectivity index (χ0n) is 8.35. The van der Waals surface area contributed by atoms with Crippen LogP contribution >= 0.6 is 27.5 Å². The average Bonchev–Trinajstić information content (AvgIpc) is 2.12. The van der Waals surface area contributed by atoms with Crippen molar-refractivity contribution in [3.05, 3.63) is 21.9 Å². The van der Waals surface area contributed by atoms with E-state index in [1.54, 1.807) is 6.20 Å². The summed E-state index contributed by atoms with van der Waals surface area (Å²) in [6.45, 7) is 4.31. The van der Waals surface area contributed by atoms with Crippen LogP contribution in [0.1, 0.15) is 26.7 Å². The fraction of sp³-hybridized carbons (Fsp3) is 0.500. The van der Waals surface area contributed by atoms with Crippen LogP contribution in [0, 0.1) is 0 Å². The zero-order valence-corrected chi connectivity index (χ0v) is 10.7. The maximum absolute atomic E-state index is 5.95. The lowest BCUT2D eigenvalue weighted by molar-refractivity contribution is 0.690. The molecule has 0 saturated heterocycles. The first-order valence-electron chi connectivity index (χ1n) is 4.71. The van der Waals surface area contributed by atoms with Crippen LogP contribution < -0.4 is 5.32 Å². The van der Waals surface area contributed by atoms with Gasteiger partial charge in [-0.2, -0.15) is 0 Å². The average molecular weight is 278 g/mol. The topological polar surface area (TPSA) is 24.9 Å². The molecule has 78 valence electrons. The van der Waals surface area contributed by atoms with Crippen LogP contribution in [0.25, 0.3) is 0 Å². The third kappa shape index (κ3) is 3.46. The Kier molecular flexibility index (Phi) is 4.69. The van der Waals surface area contributed by atoms with Gasteiger partial charge in [0.15, 0.2) is 5.15 Å². The number of pyridine rings is 1. The Morgan fingerprint density at radius 2 is 2.36 bits per heavy atom. The minimum absolute atomic E-state index is 0.425. The first kappa shape index (κ1) is 11.8. The molecule has 0 aliphatic rings. The molecule has 1 rings (SSSR count). The van der Waals surface area contributed by atoms with Crippen molar-refractivity contribution < 1.29 is 0 Å². The summed E-state index contributed by atoms with van der Waals surface area (Å²) in [5.74, 6) is 0. The molecule has 0 amide bonds. The van der Waals surface area contributed by atoms with Gasteiger partial charge in [0.1, 0.15) is 0 Å². The molecule has 0 spiro atoms. The van der Waals surface area contributed by atoms with Crippen LogP contribution in [0.4, 0.5) is 5.69 Å². The summed E-state index contributed by atoms with van der Waals surface area (Å²) in [5.41, 5.74) is 0.891. The Labute approximate surface area is 98.2 Å². The van der Waals surface area contributed by atoms with Crippen molar-refractivity contribution in [2.75, 3.05) is 5.32 Å². The lowest BCUT2D eigenvalue weighted by Gasteiger charge is -2.14. The van der Waals surface area contributed by atoms with E-state index in [9.17, 15) is 0 Å². The van der Waals surface area contributed by atoms with Gasteiger partial charge in [0.05, 0.1) is 5.69 Å². The smallest absolute Gasteiger partial charge is 0.152 e. The van der Waals surface area contributed by atoms with Crippen molar-refractivity contribution in [2.24, 2.45) is 0 Å². The molecule has 1 aromatic heterocycles. The van der Waals surface area contributed by atoms with Gasteiger partial charge in [-0.25, -0.2) is 4.98 Å². The molecule has 1 heterocycles. The second-order valence-corrected chi connectivity index (χ2v) is 4.60. The fourth-order valence-electron chi connectivity index (χ4n) is 1.29. The molecular formula is C10H14BrClN2. The Bertz CT molecular complexity index is 304. The van der Waals surface area contributed by atoms with Gasteiger partial charge in [-0.05, 0) is 35.3 Å². The van der Waals surface area contributed by atoms with E-state index < -0.39 is 0 Å². The van der Waals surface area contributed by atoms with Gasteiger partial charge in [0.2, 0.25) is 0 Å². The molecule has 14 heavy (non-hydrogen) atoms. The highest BCUT2D eigenvalue weighted by Gasteiger charge is 2.05. The molecule has 0 saturated carbocycles. The highest BCUT2D eigenvalue weighted by atomic mass is 79.9. The van der Waals surface area contributed by atoms with E-state index in [2.05, 4.69) is 40.1 Å². The number of hydrogen-bond acceptors (Lipinski definition) is 2. The lowest BCUT2D eigenvalue weighted by Crippen LogP contribution is -2.14. The predicted molar refractivity (Wildman–Crippen MR) is 64.9 cm³/mol. The molecule has 0 bridgehead atoms. The highest BCUT2D eigenvalue weighted by Crippen LogP contribution is 2.24. The van der Waals surface area contributed by atoms with E-state index >= 15 is 0 Å². The summed E-state index contributed by atoms with van der Waals surface area (Å²) >= 11 is 9.31. The molecular weight excluding hydrogens is 263 g/mol. The van der Waals surface area contributed by atoms with Crippen molar-refractivity contribution >= 4 is 33.2 Å². The van der Waals surface area contributed by atoms with E-state index in [0.29, 0.717) is 11.2 Å². The molecule has 0 fully saturated rings. The third-order valence-corrected chi connectivity index (χ3v) is 2.66. The summed E-state index contributed by atoms with van der Waals surface area (Å²) in [5, 5.41) is 3.85. The normalized spacial score (nSPS) is 12.6. The van der Waals surface area contributed by atoms with Gasteiger partial charge >= 0.3 is 0 Å². The molecule has 1 atom stereocenters. The Hall–Kier alpha value is -0.280. The van der Waals surface area contributed by atoms with Gasteiger partial charge < -0.3 is 5.32 Å². The minimum Gasteiger partial charge on any atom is -0.380 e. The molecule has 0 aliphatic heterocycles. The number of aromatic nitrogens is 1. The first-order valence-corrected chi connectivity index (χ1v) is 5.88. The van der Waals surface area contributed by atoms with Gasteiger partial charge in [-0.15, -0.1) is 0 Å². The monoisotopic (exact) mass is 276 g/mol. The molecule has 2 nitrogen and oxygen atoms in total. The lowest BCUT2D eigenvalue weighted by atomic mass is 10.2. The zero-order chi connectivity index (χ0) is 10.6. The second-order valence-electron chi connectivity index (χ2n) is 3.33. The highest BCUT2D eigenvalue weighted by molar-refractivity contribution is 9.10.